The van der Waals surface area contributed by atoms with E-state index >= 15 is 0 Å². The molecule has 1 heterocycles. The first-order chi connectivity index (χ1) is 7.24. The highest BCUT2D eigenvalue weighted by atomic mass is 32.2. The third kappa shape index (κ3) is 4.35. The average molecular weight is 230 g/mol. The summed E-state index contributed by atoms with van der Waals surface area (Å²) in [5, 5.41) is 9.61. The maximum atomic E-state index is 10.7. The van der Waals surface area contributed by atoms with Gasteiger partial charge in [0.25, 0.3) is 0 Å². The van der Waals surface area contributed by atoms with Gasteiger partial charge in [-0.25, -0.2) is 9.78 Å². The molecule has 84 valence electrons. The largest absolute Gasteiger partial charge is 0.479 e. The quantitative estimate of drug-likeness (QED) is 0.692. The zero-order chi connectivity index (χ0) is 11.1. The second-order valence-electron chi connectivity index (χ2n) is 2.81. The van der Waals surface area contributed by atoms with E-state index in [0.29, 0.717) is 18.8 Å². The van der Waals surface area contributed by atoms with Crippen LogP contribution in [-0.4, -0.2) is 39.5 Å². The molecule has 0 aliphatic carbocycles. The fraction of sp³-hybridized carbons (Fsp3) is 0.556. The van der Waals surface area contributed by atoms with Gasteiger partial charge in [0, 0.05) is 24.8 Å². The van der Waals surface area contributed by atoms with E-state index in [0.717, 1.165) is 5.16 Å². The van der Waals surface area contributed by atoms with E-state index in [1.807, 2.05) is 0 Å². The molecule has 2 N–H and O–H groups in total. The number of hydrogen-bond donors (Lipinski definition) is 2. The predicted molar refractivity (Wildman–Crippen MR) is 57.0 cm³/mol. The maximum Gasteiger partial charge on any atom is 0.332 e. The van der Waals surface area contributed by atoms with E-state index in [1.165, 1.54) is 11.8 Å². The Morgan fingerprint density at radius 2 is 2.60 bits per heavy atom. The Labute approximate surface area is 92.2 Å². The minimum Gasteiger partial charge on any atom is -0.479 e. The lowest BCUT2D eigenvalue weighted by atomic mass is 10.3. The number of carboxylic acid groups (broad SMARTS) is 1. The Morgan fingerprint density at radius 1 is 1.80 bits per heavy atom. The monoisotopic (exact) mass is 230 g/mol. The molecule has 0 fully saturated rings. The van der Waals surface area contributed by atoms with Gasteiger partial charge >= 0.3 is 5.97 Å². The van der Waals surface area contributed by atoms with Crippen LogP contribution in [0.5, 0.6) is 0 Å². The van der Waals surface area contributed by atoms with Crippen molar-refractivity contribution in [1.29, 1.82) is 0 Å². The molecule has 0 aliphatic rings. The van der Waals surface area contributed by atoms with Crippen molar-refractivity contribution >= 4 is 17.7 Å². The van der Waals surface area contributed by atoms with Gasteiger partial charge in [-0.1, -0.05) is 11.8 Å². The molecular formula is C9H14N2O3S. The van der Waals surface area contributed by atoms with Crippen LogP contribution in [-0.2, 0) is 9.53 Å². The van der Waals surface area contributed by atoms with E-state index in [9.17, 15) is 4.79 Å². The number of nitrogens with one attached hydrogen (secondary N) is 1. The van der Waals surface area contributed by atoms with Crippen molar-refractivity contribution in [2.75, 3.05) is 12.4 Å². The number of imidazole rings is 1. The molecule has 0 saturated carbocycles. The van der Waals surface area contributed by atoms with Crippen LogP contribution >= 0.6 is 11.8 Å². The van der Waals surface area contributed by atoms with Crippen molar-refractivity contribution in [1.82, 2.24) is 9.97 Å². The summed E-state index contributed by atoms with van der Waals surface area (Å²) in [5.74, 6) is -0.235. The number of aliphatic carboxylic acids is 1. The molecular weight excluding hydrogens is 216 g/mol. The van der Waals surface area contributed by atoms with Crippen LogP contribution in [0, 0.1) is 0 Å². The molecule has 0 radical (unpaired) electrons. The van der Waals surface area contributed by atoms with Crippen LogP contribution in [0.3, 0.4) is 0 Å². The van der Waals surface area contributed by atoms with Crippen LogP contribution in [0.1, 0.15) is 13.3 Å². The molecule has 0 aliphatic heterocycles. The fourth-order valence-electron chi connectivity index (χ4n) is 1.07. The fourth-order valence-corrected chi connectivity index (χ4v) is 1.88. The zero-order valence-corrected chi connectivity index (χ0v) is 9.29. The number of carbonyl (C=O) groups is 1. The number of aromatic amines is 1. The molecule has 1 atom stereocenters. The molecule has 0 spiro atoms. The van der Waals surface area contributed by atoms with Crippen molar-refractivity contribution in [3.8, 4) is 0 Å². The van der Waals surface area contributed by atoms with E-state index in [1.54, 1.807) is 19.3 Å². The molecule has 1 aromatic rings. The summed E-state index contributed by atoms with van der Waals surface area (Å²) in [7, 11) is 0. The average Bonchev–Trinajstić information content (AvgIpc) is 2.69. The van der Waals surface area contributed by atoms with E-state index < -0.39 is 12.1 Å². The molecule has 1 rings (SSSR count). The third-order valence-corrected chi connectivity index (χ3v) is 2.67. The van der Waals surface area contributed by atoms with E-state index in [-0.39, 0.29) is 0 Å². The summed E-state index contributed by atoms with van der Waals surface area (Å²) in [6.07, 6.45) is 3.17. The Balaban J connectivity index is 2.25. The maximum absolute atomic E-state index is 10.7. The summed E-state index contributed by atoms with van der Waals surface area (Å²) >= 11 is 1.49. The number of rotatable bonds is 7. The molecule has 0 saturated heterocycles. The molecule has 5 nitrogen and oxygen atoms in total. The van der Waals surface area contributed by atoms with Crippen LogP contribution < -0.4 is 0 Å². The molecule has 0 amide bonds. The minimum absolute atomic E-state index is 0.419. The highest BCUT2D eigenvalue weighted by Gasteiger charge is 2.16. The number of carboxylic acids is 1. The van der Waals surface area contributed by atoms with Gasteiger partial charge in [0.15, 0.2) is 11.3 Å². The van der Waals surface area contributed by atoms with Crippen molar-refractivity contribution in [3.05, 3.63) is 12.4 Å². The van der Waals surface area contributed by atoms with Crippen molar-refractivity contribution < 1.29 is 14.6 Å². The van der Waals surface area contributed by atoms with Crippen molar-refractivity contribution in [2.24, 2.45) is 0 Å². The summed E-state index contributed by atoms with van der Waals surface area (Å²) in [4.78, 5) is 17.7. The normalized spacial score (nSPS) is 12.6. The number of ether oxygens (including phenoxy) is 1. The Morgan fingerprint density at radius 3 is 3.13 bits per heavy atom. The summed E-state index contributed by atoms with van der Waals surface area (Å²) in [6.45, 7) is 2.21. The van der Waals surface area contributed by atoms with Gasteiger partial charge in [-0.05, 0) is 13.3 Å². The van der Waals surface area contributed by atoms with E-state index in [4.69, 9.17) is 9.84 Å². The smallest absolute Gasteiger partial charge is 0.332 e. The number of nitrogens with zero attached hydrogens (tertiary/aromatic N) is 1. The van der Waals surface area contributed by atoms with E-state index in [2.05, 4.69) is 9.97 Å². The zero-order valence-electron chi connectivity index (χ0n) is 8.47. The summed E-state index contributed by atoms with van der Waals surface area (Å²) < 4.78 is 5.08. The minimum atomic E-state index is -0.906. The molecule has 0 bridgehead atoms. The predicted octanol–water partition coefficient (Wildman–Crippen LogP) is 1.38. The van der Waals surface area contributed by atoms with Crippen molar-refractivity contribution in [3.63, 3.8) is 0 Å². The first kappa shape index (κ1) is 12.1. The van der Waals surface area contributed by atoms with Gasteiger partial charge in [0.1, 0.15) is 0 Å². The van der Waals surface area contributed by atoms with Gasteiger partial charge in [-0.15, -0.1) is 0 Å². The third-order valence-electron chi connectivity index (χ3n) is 1.74. The van der Waals surface area contributed by atoms with Gasteiger partial charge in [0.05, 0.1) is 0 Å². The number of thioether (sulfide) groups is 1. The first-order valence-electron chi connectivity index (χ1n) is 4.70. The number of aromatic nitrogens is 2. The summed E-state index contributed by atoms with van der Waals surface area (Å²) in [5.41, 5.74) is 0. The van der Waals surface area contributed by atoms with Crippen LogP contribution in [0.2, 0.25) is 0 Å². The number of H-pyrrole nitrogens is 1. The lowest BCUT2D eigenvalue weighted by Gasteiger charge is -2.10. The van der Waals surface area contributed by atoms with Gasteiger partial charge < -0.3 is 14.8 Å². The second-order valence-corrected chi connectivity index (χ2v) is 3.90. The van der Waals surface area contributed by atoms with Gasteiger partial charge in [-0.3, -0.25) is 0 Å². The number of hydrogen-bond acceptors (Lipinski definition) is 4. The van der Waals surface area contributed by atoms with Crippen LogP contribution in [0.25, 0.3) is 0 Å². The topological polar surface area (TPSA) is 75.2 Å². The van der Waals surface area contributed by atoms with Crippen LogP contribution in [0.15, 0.2) is 17.6 Å². The standard InChI is InChI=1S/C9H14N2O3S/c1-2-14-7(8(12)13)3-6-15-9-10-4-5-11-9/h4-5,7H,2-3,6H2,1H3,(H,10,11)(H,12,13). The van der Waals surface area contributed by atoms with Gasteiger partial charge in [-0.2, -0.15) is 0 Å². The molecule has 0 aromatic carbocycles. The van der Waals surface area contributed by atoms with Crippen molar-refractivity contribution in [2.45, 2.75) is 24.6 Å². The molecule has 15 heavy (non-hydrogen) atoms. The SMILES string of the molecule is CCOC(CCSc1ncc[nH]1)C(=O)O. The molecule has 1 unspecified atom stereocenters. The summed E-state index contributed by atoms with van der Waals surface area (Å²) in [6, 6.07) is 0. The Kier molecular flexibility index (Phi) is 5.20. The highest BCUT2D eigenvalue weighted by Crippen LogP contribution is 2.14. The second kappa shape index (κ2) is 6.47. The van der Waals surface area contributed by atoms with Gasteiger partial charge in [0.2, 0.25) is 0 Å². The Hall–Kier alpha value is -1.01. The lowest BCUT2D eigenvalue weighted by Crippen LogP contribution is -2.24. The molecule has 6 heteroatoms. The lowest BCUT2D eigenvalue weighted by molar-refractivity contribution is -0.150. The highest BCUT2D eigenvalue weighted by molar-refractivity contribution is 7.99. The first-order valence-corrected chi connectivity index (χ1v) is 5.69. The Bertz CT molecular complexity index is 290. The van der Waals surface area contributed by atoms with Crippen LogP contribution in [0.4, 0.5) is 0 Å². The molecule has 1 aromatic heterocycles.